The highest BCUT2D eigenvalue weighted by Gasteiger charge is 2.27. The smallest absolute Gasteiger partial charge is 0.226 e. The lowest BCUT2D eigenvalue weighted by Gasteiger charge is -2.08. The zero-order chi connectivity index (χ0) is 19.1. The Morgan fingerprint density at radius 1 is 0.607 bits per heavy atom. The third-order valence-electron chi connectivity index (χ3n) is 4.81. The van der Waals surface area contributed by atoms with Gasteiger partial charge in [-0.2, -0.15) is 5.10 Å². The predicted molar refractivity (Wildman–Crippen MR) is 109 cm³/mol. The second-order valence-corrected chi connectivity index (χ2v) is 6.50. The standard InChI is InChI=1S/C23H17N3O2/c27-22-19-20(16-10-4-1-5-11-16)24-26(18-14-8-3-9-15-18)21(19)23(28)25(22)17-12-6-2-7-13-17/h1-15,27-28H. The van der Waals surface area contributed by atoms with E-state index >= 15 is 0 Å². The van der Waals surface area contributed by atoms with E-state index in [0.717, 1.165) is 11.3 Å². The number of fused-ring (bicyclic) bond motifs is 1. The van der Waals surface area contributed by atoms with Gasteiger partial charge in [0.05, 0.1) is 16.8 Å². The number of aromatic nitrogens is 3. The van der Waals surface area contributed by atoms with Crippen LogP contribution in [0.5, 0.6) is 11.8 Å². The van der Waals surface area contributed by atoms with Crippen LogP contribution in [-0.4, -0.2) is 24.6 Å². The van der Waals surface area contributed by atoms with Gasteiger partial charge in [-0.25, -0.2) is 9.25 Å². The molecule has 136 valence electrons. The van der Waals surface area contributed by atoms with Crippen LogP contribution in [0.2, 0.25) is 0 Å². The Morgan fingerprint density at radius 3 is 1.75 bits per heavy atom. The topological polar surface area (TPSA) is 63.2 Å². The highest BCUT2D eigenvalue weighted by Crippen LogP contribution is 2.44. The van der Waals surface area contributed by atoms with Crippen LogP contribution >= 0.6 is 0 Å². The van der Waals surface area contributed by atoms with Crippen molar-refractivity contribution in [2.75, 3.05) is 0 Å². The summed E-state index contributed by atoms with van der Waals surface area (Å²) in [4.78, 5) is 0. The molecule has 0 saturated heterocycles. The number of benzene rings is 3. The molecular formula is C23H17N3O2. The van der Waals surface area contributed by atoms with Gasteiger partial charge in [-0.3, -0.25) is 0 Å². The largest absolute Gasteiger partial charge is 0.494 e. The van der Waals surface area contributed by atoms with Crippen LogP contribution in [0, 0.1) is 0 Å². The first-order valence-corrected chi connectivity index (χ1v) is 8.97. The molecular weight excluding hydrogens is 350 g/mol. The monoisotopic (exact) mass is 367 g/mol. The maximum atomic E-state index is 11.1. The van der Waals surface area contributed by atoms with Gasteiger partial charge in [0.15, 0.2) is 0 Å². The minimum Gasteiger partial charge on any atom is -0.494 e. The summed E-state index contributed by atoms with van der Waals surface area (Å²) in [7, 11) is 0. The summed E-state index contributed by atoms with van der Waals surface area (Å²) in [6.07, 6.45) is 0. The molecule has 0 unspecified atom stereocenters. The molecule has 5 rings (SSSR count). The fraction of sp³-hybridized carbons (Fsp3) is 0. The maximum absolute atomic E-state index is 11.1. The van der Waals surface area contributed by atoms with E-state index in [0.29, 0.717) is 22.3 Å². The van der Waals surface area contributed by atoms with Crippen LogP contribution in [0.25, 0.3) is 33.5 Å². The molecule has 2 N–H and O–H groups in total. The van der Waals surface area contributed by atoms with Crippen molar-refractivity contribution in [1.29, 1.82) is 0 Å². The molecule has 0 spiro atoms. The quantitative estimate of drug-likeness (QED) is 0.477. The van der Waals surface area contributed by atoms with Gasteiger partial charge in [0.1, 0.15) is 11.2 Å². The Morgan fingerprint density at radius 2 is 1.14 bits per heavy atom. The van der Waals surface area contributed by atoms with Crippen molar-refractivity contribution in [2.24, 2.45) is 0 Å². The van der Waals surface area contributed by atoms with E-state index in [1.165, 1.54) is 4.57 Å². The van der Waals surface area contributed by atoms with E-state index in [1.54, 1.807) is 4.68 Å². The first-order chi connectivity index (χ1) is 13.8. The van der Waals surface area contributed by atoms with Gasteiger partial charge in [0.2, 0.25) is 11.8 Å². The molecule has 5 aromatic rings. The summed E-state index contributed by atoms with van der Waals surface area (Å²) >= 11 is 0. The Hall–Kier alpha value is -3.99. The highest BCUT2D eigenvalue weighted by molar-refractivity contribution is 6.02. The van der Waals surface area contributed by atoms with Gasteiger partial charge >= 0.3 is 0 Å². The second kappa shape index (κ2) is 6.32. The fourth-order valence-corrected chi connectivity index (χ4v) is 3.53. The summed E-state index contributed by atoms with van der Waals surface area (Å²) in [6.45, 7) is 0. The van der Waals surface area contributed by atoms with Crippen molar-refractivity contribution >= 4 is 10.9 Å². The molecule has 0 fully saturated rings. The average molecular weight is 367 g/mol. The number of aromatic hydroxyl groups is 2. The van der Waals surface area contributed by atoms with E-state index in [1.807, 2.05) is 91.0 Å². The summed E-state index contributed by atoms with van der Waals surface area (Å²) in [6, 6.07) is 28.5. The zero-order valence-electron chi connectivity index (χ0n) is 14.9. The third-order valence-corrected chi connectivity index (χ3v) is 4.81. The first kappa shape index (κ1) is 16.2. The SMILES string of the molecule is Oc1c2c(-c3ccccc3)nn(-c3ccccc3)c2c(O)n1-c1ccccc1. The first-order valence-electron chi connectivity index (χ1n) is 8.97. The lowest BCUT2D eigenvalue weighted by Crippen LogP contribution is -1.98. The van der Waals surface area contributed by atoms with Gasteiger partial charge < -0.3 is 10.2 Å². The molecule has 0 aliphatic carbocycles. The predicted octanol–water partition coefficient (Wildman–Crippen LogP) is 4.89. The molecule has 0 atom stereocenters. The van der Waals surface area contributed by atoms with Crippen molar-refractivity contribution in [3.05, 3.63) is 91.0 Å². The van der Waals surface area contributed by atoms with Gasteiger partial charge in [-0.1, -0.05) is 66.7 Å². The van der Waals surface area contributed by atoms with E-state index in [9.17, 15) is 10.2 Å². The van der Waals surface area contributed by atoms with Crippen LogP contribution in [0.3, 0.4) is 0 Å². The molecule has 3 aromatic carbocycles. The number of para-hydroxylation sites is 2. The van der Waals surface area contributed by atoms with E-state index in [2.05, 4.69) is 0 Å². The summed E-state index contributed by atoms with van der Waals surface area (Å²) < 4.78 is 3.12. The van der Waals surface area contributed by atoms with E-state index in [4.69, 9.17) is 5.10 Å². The molecule has 0 saturated carbocycles. The Balaban J connectivity index is 1.89. The molecule has 0 aliphatic rings. The molecule has 0 bridgehead atoms. The summed E-state index contributed by atoms with van der Waals surface area (Å²) in [5.74, 6) is -0.100. The number of hydrogen-bond acceptors (Lipinski definition) is 3. The minimum atomic E-state index is -0.0581. The Bertz CT molecular complexity index is 1180. The van der Waals surface area contributed by atoms with Crippen LogP contribution in [0.4, 0.5) is 0 Å². The average Bonchev–Trinajstić information content (AvgIpc) is 3.27. The molecule has 5 heteroatoms. The van der Waals surface area contributed by atoms with Crippen molar-refractivity contribution in [3.63, 3.8) is 0 Å². The lowest BCUT2D eigenvalue weighted by molar-refractivity contribution is 0.405. The molecule has 2 aromatic heterocycles. The van der Waals surface area contributed by atoms with E-state index in [-0.39, 0.29) is 11.8 Å². The van der Waals surface area contributed by atoms with E-state index < -0.39 is 0 Å². The van der Waals surface area contributed by atoms with Gasteiger partial charge in [-0.05, 0) is 24.3 Å². The van der Waals surface area contributed by atoms with Gasteiger partial charge in [0.25, 0.3) is 0 Å². The molecule has 28 heavy (non-hydrogen) atoms. The molecule has 0 amide bonds. The highest BCUT2D eigenvalue weighted by atomic mass is 16.3. The van der Waals surface area contributed by atoms with Crippen LogP contribution < -0.4 is 0 Å². The van der Waals surface area contributed by atoms with Gasteiger partial charge in [-0.15, -0.1) is 0 Å². The molecule has 5 nitrogen and oxygen atoms in total. The number of hydrogen-bond donors (Lipinski definition) is 2. The van der Waals surface area contributed by atoms with Crippen molar-refractivity contribution in [2.45, 2.75) is 0 Å². The summed E-state index contributed by atoms with van der Waals surface area (Å²) in [5.41, 5.74) is 3.42. The molecule has 0 aliphatic heterocycles. The van der Waals surface area contributed by atoms with Gasteiger partial charge in [0, 0.05) is 5.56 Å². The van der Waals surface area contributed by atoms with Crippen molar-refractivity contribution in [1.82, 2.24) is 14.3 Å². The Labute approximate surface area is 161 Å². The van der Waals surface area contributed by atoms with Crippen LogP contribution in [0.15, 0.2) is 91.0 Å². The second-order valence-electron chi connectivity index (χ2n) is 6.50. The minimum absolute atomic E-state index is 0.0419. The van der Waals surface area contributed by atoms with Crippen LogP contribution in [-0.2, 0) is 0 Å². The summed E-state index contributed by atoms with van der Waals surface area (Å²) in [5, 5.41) is 27.4. The maximum Gasteiger partial charge on any atom is 0.226 e. The number of nitrogens with zero attached hydrogens (tertiary/aromatic N) is 3. The third kappa shape index (κ3) is 2.37. The zero-order valence-corrected chi connectivity index (χ0v) is 14.9. The lowest BCUT2D eigenvalue weighted by atomic mass is 10.1. The number of rotatable bonds is 3. The van der Waals surface area contributed by atoms with Crippen LogP contribution in [0.1, 0.15) is 0 Å². The Kier molecular flexibility index (Phi) is 3.66. The normalized spacial score (nSPS) is 11.1. The molecule has 0 radical (unpaired) electrons. The molecule has 2 heterocycles. The fourth-order valence-electron chi connectivity index (χ4n) is 3.53. The van der Waals surface area contributed by atoms with Crippen molar-refractivity contribution in [3.8, 4) is 34.4 Å². The van der Waals surface area contributed by atoms with Crippen molar-refractivity contribution < 1.29 is 10.2 Å².